The minimum absolute atomic E-state index is 0.00407. The third-order valence-electron chi connectivity index (χ3n) is 2.91. The van der Waals surface area contributed by atoms with E-state index in [1.165, 1.54) is 12.3 Å². The van der Waals surface area contributed by atoms with Crippen LogP contribution in [-0.4, -0.2) is 15.9 Å². The first-order valence-electron chi connectivity index (χ1n) is 5.57. The van der Waals surface area contributed by atoms with Crippen molar-refractivity contribution < 1.29 is 4.92 Å². The van der Waals surface area contributed by atoms with E-state index in [1.54, 1.807) is 0 Å². The Kier molecular flexibility index (Phi) is 3.83. The SMILES string of the molecule is Cc1cc([N+](=O)[O-])cnc1CC(N)C(C)(C)C. The Morgan fingerprint density at radius 1 is 1.53 bits per heavy atom. The van der Waals surface area contributed by atoms with E-state index < -0.39 is 4.92 Å². The predicted octanol–water partition coefficient (Wildman–Crippen LogP) is 2.21. The maximum Gasteiger partial charge on any atom is 0.287 e. The molecule has 1 aromatic heterocycles. The summed E-state index contributed by atoms with van der Waals surface area (Å²) in [4.78, 5) is 14.3. The number of rotatable bonds is 3. The molecule has 0 fully saturated rings. The Balaban J connectivity index is 2.90. The first kappa shape index (κ1) is 13.6. The Morgan fingerprint density at radius 2 is 2.12 bits per heavy atom. The van der Waals surface area contributed by atoms with Crippen molar-refractivity contribution in [2.24, 2.45) is 11.1 Å². The number of aromatic nitrogens is 1. The summed E-state index contributed by atoms with van der Waals surface area (Å²) in [5.41, 5.74) is 7.75. The van der Waals surface area contributed by atoms with E-state index in [0.717, 1.165) is 11.3 Å². The number of aryl methyl sites for hydroxylation is 1. The van der Waals surface area contributed by atoms with Crippen LogP contribution in [0.5, 0.6) is 0 Å². The zero-order valence-electron chi connectivity index (χ0n) is 10.7. The van der Waals surface area contributed by atoms with Gasteiger partial charge in [-0.1, -0.05) is 20.8 Å². The van der Waals surface area contributed by atoms with Gasteiger partial charge in [-0.05, 0) is 17.9 Å². The zero-order chi connectivity index (χ0) is 13.2. The lowest BCUT2D eigenvalue weighted by atomic mass is 9.84. The molecule has 0 aliphatic heterocycles. The van der Waals surface area contributed by atoms with Crippen LogP contribution in [0.15, 0.2) is 12.3 Å². The van der Waals surface area contributed by atoms with E-state index in [4.69, 9.17) is 5.73 Å². The van der Waals surface area contributed by atoms with Crippen molar-refractivity contribution >= 4 is 5.69 Å². The van der Waals surface area contributed by atoms with Crippen LogP contribution in [-0.2, 0) is 6.42 Å². The van der Waals surface area contributed by atoms with Gasteiger partial charge in [0.25, 0.3) is 5.69 Å². The monoisotopic (exact) mass is 237 g/mol. The highest BCUT2D eigenvalue weighted by atomic mass is 16.6. The van der Waals surface area contributed by atoms with E-state index in [9.17, 15) is 10.1 Å². The van der Waals surface area contributed by atoms with Crippen LogP contribution in [0.4, 0.5) is 5.69 Å². The molecule has 1 heterocycles. The van der Waals surface area contributed by atoms with Crippen LogP contribution in [0.3, 0.4) is 0 Å². The minimum Gasteiger partial charge on any atom is -0.327 e. The molecule has 1 aromatic rings. The first-order chi connectivity index (χ1) is 7.71. The van der Waals surface area contributed by atoms with E-state index >= 15 is 0 Å². The van der Waals surface area contributed by atoms with Crippen molar-refractivity contribution in [2.45, 2.75) is 40.2 Å². The third-order valence-corrected chi connectivity index (χ3v) is 2.91. The van der Waals surface area contributed by atoms with E-state index in [2.05, 4.69) is 25.8 Å². The molecule has 94 valence electrons. The number of pyridine rings is 1. The largest absolute Gasteiger partial charge is 0.327 e. The molecule has 0 amide bonds. The van der Waals surface area contributed by atoms with Crippen molar-refractivity contribution in [1.82, 2.24) is 4.98 Å². The highest BCUT2D eigenvalue weighted by molar-refractivity contribution is 5.33. The van der Waals surface area contributed by atoms with Gasteiger partial charge < -0.3 is 5.73 Å². The number of hydrogen-bond acceptors (Lipinski definition) is 4. The summed E-state index contributed by atoms with van der Waals surface area (Å²) in [5, 5.41) is 10.6. The van der Waals surface area contributed by atoms with Crippen LogP contribution in [0, 0.1) is 22.5 Å². The summed E-state index contributed by atoms with van der Waals surface area (Å²) < 4.78 is 0. The average Bonchev–Trinajstić information content (AvgIpc) is 2.19. The van der Waals surface area contributed by atoms with Crippen LogP contribution < -0.4 is 5.73 Å². The fourth-order valence-corrected chi connectivity index (χ4v) is 1.42. The molecule has 1 unspecified atom stereocenters. The van der Waals surface area contributed by atoms with E-state index in [0.29, 0.717) is 6.42 Å². The van der Waals surface area contributed by atoms with Crippen LogP contribution >= 0.6 is 0 Å². The molecule has 17 heavy (non-hydrogen) atoms. The molecule has 0 saturated heterocycles. The van der Waals surface area contributed by atoms with Crippen molar-refractivity contribution in [3.05, 3.63) is 33.6 Å². The normalized spacial score (nSPS) is 13.5. The molecule has 0 aromatic carbocycles. The molecule has 1 rings (SSSR count). The van der Waals surface area contributed by atoms with Gasteiger partial charge in [-0.25, -0.2) is 0 Å². The lowest BCUT2D eigenvalue weighted by Crippen LogP contribution is -2.37. The van der Waals surface area contributed by atoms with Crippen molar-refractivity contribution in [1.29, 1.82) is 0 Å². The third kappa shape index (κ3) is 3.49. The lowest BCUT2D eigenvalue weighted by Gasteiger charge is -2.27. The lowest BCUT2D eigenvalue weighted by molar-refractivity contribution is -0.385. The zero-order valence-corrected chi connectivity index (χ0v) is 10.7. The second kappa shape index (κ2) is 4.79. The van der Waals surface area contributed by atoms with E-state index in [1.807, 2.05) is 6.92 Å². The van der Waals surface area contributed by atoms with Gasteiger partial charge in [0.1, 0.15) is 6.20 Å². The number of nitro groups is 1. The topological polar surface area (TPSA) is 82.0 Å². The van der Waals surface area contributed by atoms with Crippen LogP contribution in [0.25, 0.3) is 0 Å². The van der Waals surface area contributed by atoms with Gasteiger partial charge in [0.15, 0.2) is 0 Å². The maximum atomic E-state index is 10.6. The first-order valence-corrected chi connectivity index (χ1v) is 5.57. The Morgan fingerprint density at radius 3 is 2.53 bits per heavy atom. The molecule has 0 spiro atoms. The van der Waals surface area contributed by atoms with Crippen molar-refractivity contribution in [3.8, 4) is 0 Å². The molecule has 0 saturated carbocycles. The average molecular weight is 237 g/mol. The van der Waals surface area contributed by atoms with Gasteiger partial charge in [0.2, 0.25) is 0 Å². The summed E-state index contributed by atoms with van der Waals surface area (Å²) >= 11 is 0. The highest BCUT2D eigenvalue weighted by Gasteiger charge is 2.22. The Bertz CT molecular complexity index is 424. The molecule has 5 nitrogen and oxygen atoms in total. The number of nitrogens with zero attached hydrogens (tertiary/aromatic N) is 2. The van der Waals surface area contributed by atoms with Gasteiger partial charge in [-0.3, -0.25) is 15.1 Å². The quantitative estimate of drug-likeness (QED) is 0.645. The number of hydrogen-bond donors (Lipinski definition) is 1. The molecule has 0 bridgehead atoms. The van der Waals surface area contributed by atoms with Crippen molar-refractivity contribution in [2.75, 3.05) is 0 Å². The number of nitrogens with two attached hydrogens (primary N) is 1. The predicted molar refractivity (Wildman–Crippen MR) is 66.8 cm³/mol. The minimum atomic E-state index is -0.437. The summed E-state index contributed by atoms with van der Waals surface area (Å²) in [6, 6.07) is 1.52. The molecular weight excluding hydrogens is 218 g/mol. The molecule has 1 atom stereocenters. The maximum absolute atomic E-state index is 10.6. The second-order valence-corrected chi connectivity index (χ2v) is 5.39. The van der Waals surface area contributed by atoms with Gasteiger partial charge >= 0.3 is 0 Å². The highest BCUT2D eigenvalue weighted by Crippen LogP contribution is 2.22. The Hall–Kier alpha value is -1.49. The summed E-state index contributed by atoms with van der Waals surface area (Å²) in [6.07, 6.45) is 1.92. The van der Waals surface area contributed by atoms with Gasteiger partial charge in [-0.2, -0.15) is 0 Å². The standard InChI is InChI=1S/C12H19N3O2/c1-8-5-9(15(16)17)7-14-10(8)6-11(13)12(2,3)4/h5,7,11H,6,13H2,1-4H3. The van der Waals surface area contributed by atoms with Crippen molar-refractivity contribution in [3.63, 3.8) is 0 Å². The van der Waals surface area contributed by atoms with Gasteiger partial charge in [0, 0.05) is 24.2 Å². The fourth-order valence-electron chi connectivity index (χ4n) is 1.42. The molecule has 0 aliphatic rings. The summed E-state index contributed by atoms with van der Waals surface area (Å²) in [5.74, 6) is 0. The summed E-state index contributed by atoms with van der Waals surface area (Å²) in [7, 11) is 0. The van der Waals surface area contributed by atoms with E-state index in [-0.39, 0.29) is 17.1 Å². The fraction of sp³-hybridized carbons (Fsp3) is 0.583. The molecule has 0 aliphatic carbocycles. The Labute approximate surface area is 101 Å². The van der Waals surface area contributed by atoms with Gasteiger partial charge in [-0.15, -0.1) is 0 Å². The summed E-state index contributed by atoms with van der Waals surface area (Å²) in [6.45, 7) is 8.03. The van der Waals surface area contributed by atoms with Crippen LogP contribution in [0.1, 0.15) is 32.0 Å². The smallest absolute Gasteiger partial charge is 0.287 e. The molecular formula is C12H19N3O2. The molecule has 2 N–H and O–H groups in total. The molecule has 0 radical (unpaired) electrons. The second-order valence-electron chi connectivity index (χ2n) is 5.39. The van der Waals surface area contributed by atoms with Crippen LogP contribution in [0.2, 0.25) is 0 Å². The van der Waals surface area contributed by atoms with Gasteiger partial charge in [0.05, 0.1) is 4.92 Å². The molecule has 5 heteroatoms.